The number of rotatable bonds is 5. The van der Waals surface area contributed by atoms with Gasteiger partial charge in [-0.1, -0.05) is 0 Å². The molecule has 30 heavy (non-hydrogen) atoms. The highest BCUT2D eigenvalue weighted by Gasteiger charge is 2.23. The van der Waals surface area contributed by atoms with Gasteiger partial charge < -0.3 is 15.1 Å². The van der Waals surface area contributed by atoms with Gasteiger partial charge in [0.05, 0.1) is 5.69 Å². The Hall–Kier alpha value is -3.35. The first-order valence-corrected chi connectivity index (χ1v) is 10.1. The fourth-order valence-electron chi connectivity index (χ4n) is 3.73. The average molecular weight is 407 g/mol. The molecule has 0 saturated carbocycles. The summed E-state index contributed by atoms with van der Waals surface area (Å²) in [4.78, 5) is 16.8. The lowest BCUT2D eigenvalue weighted by Crippen LogP contribution is -2.48. The minimum atomic E-state index is -0.260. The van der Waals surface area contributed by atoms with Crippen molar-refractivity contribution in [1.82, 2.24) is 15.5 Å². The van der Waals surface area contributed by atoms with Gasteiger partial charge in [-0.15, -0.1) is 0 Å². The number of aromatic amines is 1. The monoisotopic (exact) mass is 407 g/mol. The molecule has 1 saturated heterocycles. The first-order chi connectivity index (χ1) is 14.5. The third-order valence-corrected chi connectivity index (χ3v) is 5.45. The molecule has 0 aliphatic carbocycles. The van der Waals surface area contributed by atoms with E-state index in [0.717, 1.165) is 42.1 Å². The highest BCUT2D eigenvalue weighted by atomic mass is 19.1. The lowest BCUT2D eigenvalue weighted by molar-refractivity contribution is 0.0933. The third-order valence-electron chi connectivity index (χ3n) is 5.45. The van der Waals surface area contributed by atoms with E-state index in [2.05, 4.69) is 20.4 Å². The molecule has 6 nitrogen and oxygen atoms in total. The summed E-state index contributed by atoms with van der Waals surface area (Å²) < 4.78 is 13.2. The van der Waals surface area contributed by atoms with E-state index in [1.807, 2.05) is 49.3 Å². The van der Waals surface area contributed by atoms with Crippen LogP contribution in [0.1, 0.15) is 23.2 Å². The van der Waals surface area contributed by atoms with Crippen LogP contribution in [0.15, 0.2) is 54.6 Å². The summed E-state index contributed by atoms with van der Waals surface area (Å²) in [6.45, 7) is 1.59. The van der Waals surface area contributed by atoms with Crippen LogP contribution in [0.25, 0.3) is 11.3 Å². The van der Waals surface area contributed by atoms with Gasteiger partial charge in [-0.25, -0.2) is 4.39 Å². The van der Waals surface area contributed by atoms with Crippen LogP contribution < -0.4 is 15.1 Å². The number of nitrogens with zero attached hydrogens (tertiary/aromatic N) is 3. The Morgan fingerprint density at radius 2 is 1.90 bits per heavy atom. The molecule has 0 radical (unpaired) electrons. The second-order valence-corrected chi connectivity index (χ2v) is 7.85. The second-order valence-electron chi connectivity index (χ2n) is 7.85. The summed E-state index contributed by atoms with van der Waals surface area (Å²) in [7, 11) is 3.95. The molecule has 156 valence electrons. The van der Waals surface area contributed by atoms with Crippen molar-refractivity contribution in [3.05, 3.63) is 66.0 Å². The molecule has 1 aromatic heterocycles. The standard InChI is InChI=1S/C23H26FN5O/c1-28(2)20-11-7-17(8-12-20)23(30)25-19-4-3-13-29(15-19)22-14-21(26-27-22)16-5-9-18(24)10-6-16/h5-12,14,19H,3-4,13,15H2,1-2H3,(H,25,30)(H,26,27)/t19-/m0/s1. The van der Waals surface area contributed by atoms with Crippen molar-refractivity contribution in [1.29, 1.82) is 0 Å². The van der Waals surface area contributed by atoms with E-state index in [9.17, 15) is 9.18 Å². The van der Waals surface area contributed by atoms with Gasteiger partial charge in [0.2, 0.25) is 0 Å². The quantitative estimate of drug-likeness (QED) is 0.677. The summed E-state index contributed by atoms with van der Waals surface area (Å²) in [5.74, 6) is 0.522. The van der Waals surface area contributed by atoms with E-state index >= 15 is 0 Å². The summed E-state index contributed by atoms with van der Waals surface area (Å²) in [6, 6.07) is 16.0. The van der Waals surface area contributed by atoms with E-state index in [0.29, 0.717) is 12.1 Å². The minimum Gasteiger partial charge on any atom is -0.378 e. The molecule has 1 atom stereocenters. The molecular formula is C23H26FN5O. The Labute approximate surface area is 175 Å². The maximum Gasteiger partial charge on any atom is 0.251 e. The Kier molecular flexibility index (Phi) is 5.70. The second kappa shape index (κ2) is 8.57. The maximum absolute atomic E-state index is 13.2. The molecule has 4 rings (SSSR count). The molecule has 3 aromatic rings. The Morgan fingerprint density at radius 1 is 1.17 bits per heavy atom. The van der Waals surface area contributed by atoms with Gasteiger partial charge in [0, 0.05) is 50.5 Å². The summed E-state index contributed by atoms with van der Waals surface area (Å²) in [5.41, 5.74) is 3.46. The lowest BCUT2D eigenvalue weighted by Gasteiger charge is -2.33. The van der Waals surface area contributed by atoms with E-state index in [1.54, 1.807) is 12.1 Å². The number of halogens is 1. The van der Waals surface area contributed by atoms with Crippen molar-refractivity contribution in [2.75, 3.05) is 37.0 Å². The number of benzene rings is 2. The number of carbonyl (C=O) groups excluding carboxylic acids is 1. The first-order valence-electron chi connectivity index (χ1n) is 10.1. The zero-order valence-electron chi connectivity index (χ0n) is 17.2. The molecule has 0 spiro atoms. The molecule has 0 unspecified atom stereocenters. The van der Waals surface area contributed by atoms with Gasteiger partial charge >= 0.3 is 0 Å². The number of H-pyrrole nitrogens is 1. The smallest absolute Gasteiger partial charge is 0.251 e. The van der Waals surface area contributed by atoms with Crippen LogP contribution in [0.2, 0.25) is 0 Å². The van der Waals surface area contributed by atoms with Crippen LogP contribution >= 0.6 is 0 Å². The molecule has 1 fully saturated rings. The molecule has 1 aliphatic rings. The lowest BCUT2D eigenvalue weighted by atomic mass is 10.0. The van der Waals surface area contributed by atoms with E-state index in [1.165, 1.54) is 12.1 Å². The average Bonchev–Trinajstić information content (AvgIpc) is 3.25. The summed E-state index contributed by atoms with van der Waals surface area (Å²) in [5, 5.41) is 10.6. The fourth-order valence-corrected chi connectivity index (χ4v) is 3.73. The van der Waals surface area contributed by atoms with Crippen molar-refractivity contribution >= 4 is 17.4 Å². The zero-order chi connectivity index (χ0) is 21.1. The van der Waals surface area contributed by atoms with Crippen LogP contribution in [0.4, 0.5) is 15.9 Å². The van der Waals surface area contributed by atoms with E-state index in [4.69, 9.17) is 0 Å². The highest BCUT2D eigenvalue weighted by Crippen LogP contribution is 2.24. The van der Waals surface area contributed by atoms with Crippen molar-refractivity contribution in [2.45, 2.75) is 18.9 Å². The summed E-state index contributed by atoms with van der Waals surface area (Å²) >= 11 is 0. The van der Waals surface area contributed by atoms with E-state index < -0.39 is 0 Å². The largest absolute Gasteiger partial charge is 0.378 e. The molecule has 2 N–H and O–H groups in total. The van der Waals surface area contributed by atoms with Gasteiger partial charge in [0.25, 0.3) is 5.91 Å². The summed E-state index contributed by atoms with van der Waals surface area (Å²) in [6.07, 6.45) is 1.91. The predicted octanol–water partition coefficient (Wildman–Crippen LogP) is 3.68. The van der Waals surface area contributed by atoms with Gasteiger partial charge in [-0.2, -0.15) is 5.10 Å². The van der Waals surface area contributed by atoms with Crippen LogP contribution in [0.5, 0.6) is 0 Å². The Bertz CT molecular complexity index is 997. The topological polar surface area (TPSA) is 64.3 Å². The predicted molar refractivity (Wildman–Crippen MR) is 117 cm³/mol. The number of piperidine rings is 1. The SMILES string of the molecule is CN(C)c1ccc(C(=O)N[C@H]2CCCN(c3cc(-c4ccc(F)cc4)[nH]n3)C2)cc1. The number of amides is 1. The van der Waals surface area contributed by atoms with Gasteiger partial charge in [-0.05, 0) is 66.9 Å². The molecular weight excluding hydrogens is 381 g/mol. The molecule has 2 heterocycles. The van der Waals surface area contributed by atoms with Gasteiger partial charge in [0.1, 0.15) is 5.82 Å². The molecule has 1 amide bonds. The zero-order valence-corrected chi connectivity index (χ0v) is 17.2. The first kappa shape index (κ1) is 19.9. The Balaban J connectivity index is 1.39. The van der Waals surface area contributed by atoms with Crippen molar-refractivity contribution in [3.8, 4) is 11.3 Å². The molecule has 0 bridgehead atoms. The highest BCUT2D eigenvalue weighted by molar-refractivity contribution is 5.94. The molecule has 2 aromatic carbocycles. The van der Waals surface area contributed by atoms with Crippen molar-refractivity contribution in [2.24, 2.45) is 0 Å². The maximum atomic E-state index is 13.2. The number of hydrogen-bond donors (Lipinski definition) is 2. The number of nitrogens with one attached hydrogen (secondary N) is 2. The van der Waals surface area contributed by atoms with Gasteiger partial charge in [-0.3, -0.25) is 9.89 Å². The van der Waals surface area contributed by atoms with Gasteiger partial charge in [0.15, 0.2) is 5.82 Å². The minimum absolute atomic E-state index is 0.0545. The molecule has 1 aliphatic heterocycles. The number of anilines is 2. The van der Waals surface area contributed by atoms with Crippen LogP contribution in [-0.2, 0) is 0 Å². The van der Waals surface area contributed by atoms with Crippen LogP contribution in [0, 0.1) is 5.82 Å². The van der Waals surface area contributed by atoms with Crippen molar-refractivity contribution < 1.29 is 9.18 Å². The van der Waals surface area contributed by atoms with E-state index in [-0.39, 0.29) is 17.8 Å². The van der Waals surface area contributed by atoms with Crippen LogP contribution in [0.3, 0.4) is 0 Å². The number of hydrogen-bond acceptors (Lipinski definition) is 4. The van der Waals surface area contributed by atoms with Crippen molar-refractivity contribution in [3.63, 3.8) is 0 Å². The Morgan fingerprint density at radius 3 is 2.60 bits per heavy atom. The third kappa shape index (κ3) is 4.45. The van der Waals surface area contributed by atoms with Crippen LogP contribution in [-0.4, -0.2) is 49.3 Å². The molecule has 7 heteroatoms. The normalized spacial score (nSPS) is 16.4. The number of aromatic nitrogens is 2. The number of carbonyl (C=O) groups is 1. The fraction of sp³-hybridized carbons (Fsp3) is 0.304.